The van der Waals surface area contributed by atoms with E-state index in [0.29, 0.717) is 42.1 Å². The first-order chi connectivity index (χ1) is 16.9. The van der Waals surface area contributed by atoms with Crippen LogP contribution in [0.15, 0.2) is 47.3 Å². The fourth-order valence-electron chi connectivity index (χ4n) is 4.11. The molecular formula is C27H33N3O5. The third-order valence-electron chi connectivity index (χ3n) is 5.92. The highest BCUT2D eigenvalue weighted by atomic mass is 16.5. The molecule has 0 fully saturated rings. The minimum Gasteiger partial charge on any atom is -0.497 e. The first kappa shape index (κ1) is 25.8. The van der Waals surface area contributed by atoms with Crippen molar-refractivity contribution in [2.75, 3.05) is 27.3 Å². The van der Waals surface area contributed by atoms with E-state index in [1.54, 1.807) is 18.2 Å². The number of aryl methyl sites for hydroxylation is 2. The maximum absolute atomic E-state index is 13.4. The van der Waals surface area contributed by atoms with Crippen LogP contribution in [-0.4, -0.2) is 53.7 Å². The van der Waals surface area contributed by atoms with Gasteiger partial charge in [0.25, 0.3) is 11.5 Å². The number of Topliss-reactive ketones (excluding diaryl/α,β-unsaturated/α-hetero) is 1. The van der Waals surface area contributed by atoms with Crippen molar-refractivity contribution in [2.45, 2.75) is 40.0 Å². The number of aromatic amines is 1. The normalized spacial score (nSPS) is 10.8. The topological polar surface area (TPSA) is 93.6 Å². The van der Waals surface area contributed by atoms with Gasteiger partial charge in [0, 0.05) is 23.9 Å². The summed E-state index contributed by atoms with van der Waals surface area (Å²) >= 11 is 0. The van der Waals surface area contributed by atoms with Crippen LogP contribution < -0.4 is 15.0 Å². The number of methoxy groups -OCH3 is 2. The van der Waals surface area contributed by atoms with Gasteiger partial charge in [-0.15, -0.1) is 0 Å². The van der Waals surface area contributed by atoms with E-state index in [1.807, 2.05) is 45.0 Å². The van der Waals surface area contributed by atoms with Crippen molar-refractivity contribution in [3.63, 3.8) is 0 Å². The fraction of sp³-hybridized carbons (Fsp3) is 0.370. The Morgan fingerprint density at radius 2 is 1.63 bits per heavy atom. The van der Waals surface area contributed by atoms with Gasteiger partial charge in [0.15, 0.2) is 5.78 Å². The second-order valence-corrected chi connectivity index (χ2v) is 8.19. The molecule has 0 saturated carbocycles. The van der Waals surface area contributed by atoms with Crippen LogP contribution in [0.2, 0.25) is 0 Å². The first-order valence-electron chi connectivity index (χ1n) is 11.9. The molecule has 0 aliphatic carbocycles. The summed E-state index contributed by atoms with van der Waals surface area (Å²) in [6, 6.07) is 12.5. The van der Waals surface area contributed by atoms with Crippen molar-refractivity contribution < 1.29 is 19.1 Å². The van der Waals surface area contributed by atoms with E-state index < -0.39 is 11.3 Å². The van der Waals surface area contributed by atoms with Crippen LogP contribution >= 0.6 is 0 Å². The molecule has 0 aliphatic rings. The molecule has 35 heavy (non-hydrogen) atoms. The summed E-state index contributed by atoms with van der Waals surface area (Å²) in [7, 11) is 3.02. The third-order valence-corrected chi connectivity index (χ3v) is 5.92. The molecule has 0 aliphatic heterocycles. The largest absolute Gasteiger partial charge is 0.497 e. The molecule has 186 valence electrons. The molecule has 3 rings (SSSR count). The molecule has 1 amide bonds. The zero-order valence-corrected chi connectivity index (χ0v) is 21.0. The first-order valence-corrected chi connectivity index (χ1v) is 11.9. The summed E-state index contributed by atoms with van der Waals surface area (Å²) in [6.07, 6.45) is 1.88. The Kier molecular flexibility index (Phi) is 8.52. The Bertz CT molecular complexity index is 1240. The Labute approximate surface area is 205 Å². The van der Waals surface area contributed by atoms with Crippen LogP contribution in [0, 0.1) is 0 Å². The summed E-state index contributed by atoms with van der Waals surface area (Å²) in [5.74, 6) is 0.230. The van der Waals surface area contributed by atoms with Crippen molar-refractivity contribution >= 4 is 11.7 Å². The number of ketones is 1. The molecule has 1 aromatic heterocycles. The number of rotatable bonds is 11. The predicted molar refractivity (Wildman–Crippen MR) is 135 cm³/mol. The molecule has 0 bridgehead atoms. The fourth-order valence-corrected chi connectivity index (χ4v) is 4.11. The number of benzene rings is 2. The third kappa shape index (κ3) is 5.48. The van der Waals surface area contributed by atoms with Gasteiger partial charge in [-0.2, -0.15) is 0 Å². The van der Waals surface area contributed by atoms with Crippen molar-refractivity contribution in [1.29, 1.82) is 0 Å². The Morgan fingerprint density at radius 1 is 0.971 bits per heavy atom. The lowest BCUT2D eigenvalue weighted by Crippen LogP contribution is -2.38. The number of hydrogen-bond acceptors (Lipinski definition) is 5. The number of nitrogens with one attached hydrogen (secondary N) is 1. The molecule has 0 unspecified atom stereocenters. The van der Waals surface area contributed by atoms with E-state index in [0.717, 1.165) is 17.7 Å². The average Bonchev–Trinajstić information content (AvgIpc) is 3.23. The van der Waals surface area contributed by atoms with Crippen LogP contribution in [0.1, 0.15) is 59.2 Å². The van der Waals surface area contributed by atoms with Gasteiger partial charge in [-0.05, 0) is 43.0 Å². The highest BCUT2D eigenvalue weighted by molar-refractivity contribution is 6.03. The molecule has 0 spiro atoms. The summed E-state index contributed by atoms with van der Waals surface area (Å²) in [5, 5.41) is 3.11. The van der Waals surface area contributed by atoms with E-state index >= 15 is 0 Å². The van der Waals surface area contributed by atoms with E-state index in [1.165, 1.54) is 23.8 Å². The number of carbonyl (C=O) groups is 2. The second kappa shape index (κ2) is 11.6. The zero-order valence-electron chi connectivity index (χ0n) is 21.0. The molecule has 8 nitrogen and oxygen atoms in total. The summed E-state index contributed by atoms with van der Waals surface area (Å²) < 4.78 is 12.0. The van der Waals surface area contributed by atoms with Crippen molar-refractivity contribution in [1.82, 2.24) is 14.7 Å². The lowest BCUT2D eigenvalue weighted by Gasteiger charge is -2.22. The highest BCUT2D eigenvalue weighted by Crippen LogP contribution is 2.24. The van der Waals surface area contributed by atoms with Gasteiger partial charge in [0.2, 0.25) is 0 Å². The van der Waals surface area contributed by atoms with Gasteiger partial charge in [-0.3, -0.25) is 19.5 Å². The number of ether oxygens (including phenoxy) is 2. The molecule has 1 heterocycles. The minimum absolute atomic E-state index is 0.0931. The standard InChI is InChI=1S/C27H33N3O5/c1-6-13-29(26(32)19-14-20(34-4)16-21(15-19)35-5)17-24(31)25-22(8-3)28-30(27(25)33)23-12-10-9-11-18(23)7-2/h9-12,14-16,28H,6-8,13,17H2,1-5H3. The van der Waals surface area contributed by atoms with Crippen LogP contribution in [0.4, 0.5) is 0 Å². The Morgan fingerprint density at radius 3 is 2.20 bits per heavy atom. The number of nitrogens with zero attached hydrogens (tertiary/aromatic N) is 2. The molecule has 8 heteroatoms. The van der Waals surface area contributed by atoms with Gasteiger partial charge in [0.1, 0.15) is 17.1 Å². The van der Waals surface area contributed by atoms with Crippen molar-refractivity contribution in [3.8, 4) is 17.2 Å². The quantitative estimate of drug-likeness (QED) is 0.419. The van der Waals surface area contributed by atoms with Crippen molar-refractivity contribution in [2.24, 2.45) is 0 Å². The number of hydrogen-bond donors (Lipinski definition) is 1. The summed E-state index contributed by atoms with van der Waals surface area (Å²) in [5.41, 5.74) is 2.31. The number of para-hydroxylation sites is 1. The lowest BCUT2D eigenvalue weighted by molar-refractivity contribution is 0.0708. The summed E-state index contributed by atoms with van der Waals surface area (Å²) in [6.45, 7) is 5.99. The second-order valence-electron chi connectivity index (χ2n) is 8.19. The van der Waals surface area contributed by atoms with Crippen molar-refractivity contribution in [3.05, 3.63) is 75.2 Å². The van der Waals surface area contributed by atoms with E-state index in [-0.39, 0.29) is 18.0 Å². The lowest BCUT2D eigenvalue weighted by atomic mass is 10.1. The maximum Gasteiger partial charge on any atom is 0.282 e. The van der Waals surface area contributed by atoms with E-state index in [9.17, 15) is 14.4 Å². The number of H-pyrrole nitrogens is 1. The average molecular weight is 480 g/mol. The van der Waals surface area contributed by atoms with Gasteiger partial charge in [-0.25, -0.2) is 4.68 Å². The van der Waals surface area contributed by atoms with E-state index in [2.05, 4.69) is 5.10 Å². The number of aromatic nitrogens is 2. The Balaban J connectivity index is 1.97. The number of carbonyl (C=O) groups excluding carboxylic acids is 2. The van der Waals surface area contributed by atoms with Crippen LogP contribution in [-0.2, 0) is 12.8 Å². The molecule has 1 N–H and O–H groups in total. The molecular weight excluding hydrogens is 446 g/mol. The minimum atomic E-state index is -0.403. The molecule has 0 radical (unpaired) electrons. The van der Waals surface area contributed by atoms with Gasteiger partial charge in [-0.1, -0.05) is 39.0 Å². The Hall–Kier alpha value is -3.81. The smallest absolute Gasteiger partial charge is 0.282 e. The SMILES string of the molecule is CCCN(CC(=O)c1c(CC)[nH]n(-c2ccccc2CC)c1=O)C(=O)c1cc(OC)cc(OC)c1. The molecule has 0 saturated heterocycles. The van der Waals surface area contributed by atoms with E-state index in [4.69, 9.17) is 9.47 Å². The van der Waals surface area contributed by atoms with Gasteiger partial charge >= 0.3 is 0 Å². The zero-order chi connectivity index (χ0) is 25.5. The highest BCUT2D eigenvalue weighted by Gasteiger charge is 2.26. The predicted octanol–water partition coefficient (Wildman–Crippen LogP) is 4.04. The van der Waals surface area contributed by atoms with Crippen LogP contribution in [0.25, 0.3) is 5.69 Å². The van der Waals surface area contributed by atoms with Gasteiger partial charge in [0.05, 0.1) is 26.5 Å². The molecule has 3 aromatic rings. The maximum atomic E-state index is 13.4. The monoisotopic (exact) mass is 479 g/mol. The number of amides is 1. The van der Waals surface area contributed by atoms with Crippen LogP contribution in [0.5, 0.6) is 11.5 Å². The van der Waals surface area contributed by atoms with Crippen LogP contribution in [0.3, 0.4) is 0 Å². The molecule has 2 aromatic carbocycles. The summed E-state index contributed by atoms with van der Waals surface area (Å²) in [4.78, 5) is 41.6. The molecule has 0 atom stereocenters. The van der Waals surface area contributed by atoms with Gasteiger partial charge < -0.3 is 14.4 Å².